The number of nitro groups is 1. The van der Waals surface area contributed by atoms with Crippen LogP contribution in [0.15, 0.2) is 48.5 Å². The highest BCUT2D eigenvalue weighted by Gasteiger charge is 2.12. The second kappa shape index (κ2) is 5.14. The number of hydrogen-bond acceptors (Lipinski definition) is 2. The molecule has 92 valence electrons. The first kappa shape index (κ1) is 12.5. The molecule has 0 aliphatic carbocycles. The molecule has 18 heavy (non-hydrogen) atoms. The predicted molar refractivity (Wildman–Crippen MR) is 67.2 cm³/mol. The van der Waals surface area contributed by atoms with Gasteiger partial charge in [0.05, 0.1) is 10.3 Å². The molecule has 3 nitrogen and oxygen atoms in total. The Bertz CT molecular complexity index is 554. The number of nitro benzene ring substituents is 1. The Balaban J connectivity index is 2.25. The van der Waals surface area contributed by atoms with Crippen molar-refractivity contribution in [2.75, 3.05) is 0 Å². The molecule has 0 radical (unpaired) electrons. The molecule has 0 heterocycles. The highest BCUT2D eigenvalue weighted by atomic mass is 35.5. The predicted octanol–water partition coefficient (Wildman–Crippen LogP) is 4.06. The molecule has 2 aromatic rings. The molecule has 2 rings (SSSR count). The van der Waals surface area contributed by atoms with E-state index in [1.54, 1.807) is 24.3 Å². The van der Waals surface area contributed by atoms with Gasteiger partial charge in [0.25, 0.3) is 5.69 Å². The molecule has 0 unspecified atom stereocenters. The number of alkyl halides is 1. The summed E-state index contributed by atoms with van der Waals surface area (Å²) in [7, 11) is 0. The van der Waals surface area contributed by atoms with E-state index in [1.807, 2.05) is 0 Å². The highest BCUT2D eigenvalue weighted by molar-refractivity contribution is 6.22. The molecule has 0 N–H and O–H groups in total. The summed E-state index contributed by atoms with van der Waals surface area (Å²) in [5.74, 6) is -0.327. The minimum Gasteiger partial charge on any atom is -0.258 e. The first-order valence-corrected chi connectivity index (χ1v) is 5.65. The van der Waals surface area contributed by atoms with Crippen molar-refractivity contribution < 1.29 is 9.31 Å². The van der Waals surface area contributed by atoms with Gasteiger partial charge in [-0.2, -0.15) is 0 Å². The summed E-state index contributed by atoms with van der Waals surface area (Å²) in [4.78, 5) is 10.1. The molecule has 0 fully saturated rings. The summed E-state index contributed by atoms with van der Waals surface area (Å²) in [5.41, 5.74) is 1.49. The van der Waals surface area contributed by atoms with Crippen molar-refractivity contribution in [2.45, 2.75) is 5.38 Å². The van der Waals surface area contributed by atoms with Gasteiger partial charge in [-0.1, -0.05) is 24.3 Å². The summed E-state index contributed by atoms with van der Waals surface area (Å²) in [6.45, 7) is 0. The minimum absolute atomic E-state index is 0.0155. The second-order valence-corrected chi connectivity index (χ2v) is 4.20. The lowest BCUT2D eigenvalue weighted by atomic mass is 10.0. The largest absolute Gasteiger partial charge is 0.269 e. The highest BCUT2D eigenvalue weighted by Crippen LogP contribution is 2.29. The second-order valence-electron chi connectivity index (χ2n) is 3.76. The molecular formula is C13H9ClFNO2. The molecular weight excluding hydrogens is 257 g/mol. The van der Waals surface area contributed by atoms with Crippen LogP contribution in [0.1, 0.15) is 16.5 Å². The van der Waals surface area contributed by atoms with Gasteiger partial charge in [-0.25, -0.2) is 4.39 Å². The number of non-ortho nitro benzene ring substituents is 1. The smallest absolute Gasteiger partial charge is 0.258 e. The van der Waals surface area contributed by atoms with E-state index in [9.17, 15) is 14.5 Å². The Kier molecular flexibility index (Phi) is 3.58. The van der Waals surface area contributed by atoms with E-state index < -0.39 is 10.3 Å². The van der Waals surface area contributed by atoms with Crippen molar-refractivity contribution in [1.82, 2.24) is 0 Å². The zero-order valence-corrected chi connectivity index (χ0v) is 9.97. The van der Waals surface area contributed by atoms with Crippen LogP contribution in [0.5, 0.6) is 0 Å². The van der Waals surface area contributed by atoms with Crippen LogP contribution in [0.25, 0.3) is 0 Å². The summed E-state index contributed by atoms with van der Waals surface area (Å²) >= 11 is 6.22. The van der Waals surface area contributed by atoms with E-state index in [1.165, 1.54) is 24.3 Å². The van der Waals surface area contributed by atoms with Gasteiger partial charge in [-0.05, 0) is 23.3 Å². The molecule has 0 aromatic heterocycles. The van der Waals surface area contributed by atoms with E-state index >= 15 is 0 Å². The quantitative estimate of drug-likeness (QED) is 0.477. The van der Waals surface area contributed by atoms with Crippen LogP contribution in [0.3, 0.4) is 0 Å². The van der Waals surface area contributed by atoms with E-state index in [4.69, 9.17) is 11.6 Å². The van der Waals surface area contributed by atoms with E-state index in [-0.39, 0.29) is 11.5 Å². The lowest BCUT2D eigenvalue weighted by Crippen LogP contribution is -1.94. The van der Waals surface area contributed by atoms with E-state index in [0.29, 0.717) is 0 Å². The summed E-state index contributed by atoms with van der Waals surface area (Å²) < 4.78 is 12.8. The Morgan fingerprint density at radius 1 is 1.00 bits per heavy atom. The minimum atomic E-state index is -0.467. The van der Waals surface area contributed by atoms with Crippen molar-refractivity contribution >= 4 is 17.3 Å². The first-order chi connectivity index (χ1) is 8.58. The summed E-state index contributed by atoms with van der Waals surface area (Å²) in [5, 5.41) is 10.1. The van der Waals surface area contributed by atoms with E-state index in [2.05, 4.69) is 0 Å². The fraction of sp³-hybridized carbons (Fsp3) is 0.0769. The van der Waals surface area contributed by atoms with Gasteiger partial charge in [0, 0.05) is 12.1 Å². The van der Waals surface area contributed by atoms with Gasteiger partial charge in [-0.15, -0.1) is 11.6 Å². The van der Waals surface area contributed by atoms with Gasteiger partial charge in [0.15, 0.2) is 0 Å². The van der Waals surface area contributed by atoms with Crippen LogP contribution < -0.4 is 0 Å². The number of hydrogen-bond donors (Lipinski definition) is 0. The van der Waals surface area contributed by atoms with Crippen LogP contribution in [0, 0.1) is 15.9 Å². The number of rotatable bonds is 3. The number of nitrogens with zero attached hydrogens (tertiary/aromatic N) is 1. The van der Waals surface area contributed by atoms with Crippen LogP contribution in [0.2, 0.25) is 0 Å². The third-order valence-corrected chi connectivity index (χ3v) is 3.06. The summed E-state index contributed by atoms with van der Waals surface area (Å²) in [6, 6.07) is 11.8. The van der Waals surface area contributed by atoms with Crippen molar-refractivity contribution in [3.05, 3.63) is 75.6 Å². The average Bonchev–Trinajstić information content (AvgIpc) is 2.39. The molecule has 0 bridgehead atoms. The molecule has 2 aromatic carbocycles. The van der Waals surface area contributed by atoms with Crippen molar-refractivity contribution in [3.63, 3.8) is 0 Å². The molecule has 0 aliphatic heterocycles. The topological polar surface area (TPSA) is 43.1 Å². The van der Waals surface area contributed by atoms with Crippen molar-refractivity contribution in [1.29, 1.82) is 0 Å². The first-order valence-electron chi connectivity index (χ1n) is 5.22. The van der Waals surface area contributed by atoms with Gasteiger partial charge in [-0.3, -0.25) is 10.1 Å². The third kappa shape index (κ3) is 2.65. The van der Waals surface area contributed by atoms with Crippen molar-refractivity contribution in [2.24, 2.45) is 0 Å². The zero-order chi connectivity index (χ0) is 13.1. The Labute approximate surface area is 108 Å². The average molecular weight is 266 g/mol. The molecule has 0 amide bonds. The molecule has 1 atom stereocenters. The van der Waals surface area contributed by atoms with Gasteiger partial charge < -0.3 is 0 Å². The lowest BCUT2D eigenvalue weighted by molar-refractivity contribution is -0.384. The van der Waals surface area contributed by atoms with Crippen LogP contribution in [0.4, 0.5) is 10.1 Å². The SMILES string of the molecule is O=[N+]([O-])c1ccc([C@@H](Cl)c2ccc(F)cc2)cc1. The standard InChI is InChI=1S/C13H9ClFNO2/c14-13(9-1-5-11(15)6-2-9)10-3-7-12(8-4-10)16(17)18/h1-8,13H/t13-/m0/s1. The lowest BCUT2D eigenvalue weighted by Gasteiger charge is -2.09. The fourth-order valence-electron chi connectivity index (χ4n) is 1.59. The Hall–Kier alpha value is -1.94. The Morgan fingerprint density at radius 3 is 1.89 bits per heavy atom. The fourth-order valence-corrected chi connectivity index (χ4v) is 1.88. The normalized spacial score (nSPS) is 12.1. The van der Waals surface area contributed by atoms with Crippen molar-refractivity contribution in [3.8, 4) is 0 Å². The zero-order valence-electron chi connectivity index (χ0n) is 9.22. The molecule has 0 saturated heterocycles. The summed E-state index contributed by atoms with van der Waals surface area (Å²) in [6.07, 6.45) is 0. The maximum absolute atomic E-state index is 12.8. The Morgan fingerprint density at radius 2 is 1.44 bits per heavy atom. The number of halogens is 2. The number of benzene rings is 2. The van der Waals surface area contributed by atoms with Gasteiger partial charge >= 0.3 is 0 Å². The van der Waals surface area contributed by atoms with E-state index in [0.717, 1.165) is 11.1 Å². The maximum Gasteiger partial charge on any atom is 0.269 e. The van der Waals surface area contributed by atoms with Crippen LogP contribution in [-0.4, -0.2) is 4.92 Å². The maximum atomic E-state index is 12.8. The van der Waals surface area contributed by atoms with Crippen LogP contribution >= 0.6 is 11.6 Å². The van der Waals surface area contributed by atoms with Gasteiger partial charge in [0.1, 0.15) is 5.82 Å². The van der Waals surface area contributed by atoms with Crippen LogP contribution in [-0.2, 0) is 0 Å². The molecule has 0 saturated carbocycles. The van der Waals surface area contributed by atoms with Gasteiger partial charge in [0.2, 0.25) is 0 Å². The third-order valence-electron chi connectivity index (χ3n) is 2.56. The molecule has 0 aliphatic rings. The molecule has 0 spiro atoms. The molecule has 5 heteroatoms. The monoisotopic (exact) mass is 265 g/mol.